The summed E-state index contributed by atoms with van der Waals surface area (Å²) in [5, 5.41) is 28.1. The van der Waals surface area contributed by atoms with Gasteiger partial charge >= 0.3 is 5.92 Å². The standard InChI is InChI=1S/C23H15F4N3O/c1-22(2,31)23(26,27)16-5-6-17(19(25)10-16)20-15(12-29)7-8-30-21(20)13-3-4-14(11-28)18(24)9-13/h3-10,31H,1-2H3. The molecule has 1 N–H and O–H groups in total. The van der Waals surface area contributed by atoms with Crippen molar-refractivity contribution < 1.29 is 22.7 Å². The SMILES string of the molecule is CC(C)(O)C(F)(F)c1ccc(-c2c(C#N)ccnc2-c2ccc(C#N)c(F)c2)c(F)c1. The highest BCUT2D eigenvalue weighted by Gasteiger charge is 2.47. The van der Waals surface area contributed by atoms with Gasteiger partial charge in [-0.05, 0) is 38.1 Å². The fraction of sp³-hybridized carbons (Fsp3) is 0.174. The van der Waals surface area contributed by atoms with Crippen molar-refractivity contribution in [1.82, 2.24) is 4.98 Å². The number of halogens is 4. The van der Waals surface area contributed by atoms with Crippen molar-refractivity contribution in [3.05, 3.63) is 77.0 Å². The molecular formula is C23H15F4N3O. The van der Waals surface area contributed by atoms with Crippen LogP contribution < -0.4 is 0 Å². The summed E-state index contributed by atoms with van der Waals surface area (Å²) in [5.41, 5.74) is -3.36. The Morgan fingerprint density at radius 2 is 1.58 bits per heavy atom. The number of aromatic nitrogens is 1. The number of hydrogen-bond donors (Lipinski definition) is 1. The minimum absolute atomic E-state index is 0.00401. The number of aliphatic hydroxyl groups is 1. The Balaban J connectivity index is 2.24. The molecule has 0 aliphatic heterocycles. The van der Waals surface area contributed by atoms with Crippen LogP contribution in [0.2, 0.25) is 0 Å². The lowest BCUT2D eigenvalue weighted by Gasteiger charge is -2.29. The molecule has 0 saturated heterocycles. The number of nitrogens with zero attached hydrogens (tertiary/aromatic N) is 3. The van der Waals surface area contributed by atoms with Crippen molar-refractivity contribution in [2.75, 3.05) is 0 Å². The quantitative estimate of drug-likeness (QED) is 0.575. The van der Waals surface area contributed by atoms with E-state index in [1.807, 2.05) is 6.07 Å². The second kappa shape index (κ2) is 7.82. The van der Waals surface area contributed by atoms with E-state index in [-0.39, 0.29) is 33.5 Å². The second-order valence-electron chi connectivity index (χ2n) is 7.33. The van der Waals surface area contributed by atoms with Gasteiger partial charge in [-0.2, -0.15) is 19.3 Å². The van der Waals surface area contributed by atoms with E-state index in [0.29, 0.717) is 6.07 Å². The fourth-order valence-corrected chi connectivity index (χ4v) is 3.07. The monoisotopic (exact) mass is 425 g/mol. The smallest absolute Gasteiger partial charge is 0.300 e. The third-order valence-electron chi connectivity index (χ3n) is 4.80. The Hall–Kier alpha value is -3.75. The molecule has 3 rings (SSSR count). The number of alkyl halides is 2. The Bertz CT molecular complexity index is 1250. The molecule has 1 heterocycles. The molecule has 31 heavy (non-hydrogen) atoms. The largest absolute Gasteiger partial charge is 0.384 e. The summed E-state index contributed by atoms with van der Waals surface area (Å²) in [4.78, 5) is 4.13. The van der Waals surface area contributed by atoms with Gasteiger partial charge in [0, 0.05) is 28.5 Å². The van der Waals surface area contributed by atoms with Gasteiger partial charge in [0.1, 0.15) is 23.3 Å². The second-order valence-corrected chi connectivity index (χ2v) is 7.33. The highest BCUT2D eigenvalue weighted by Crippen LogP contribution is 2.41. The molecule has 2 aromatic carbocycles. The molecule has 8 heteroatoms. The summed E-state index contributed by atoms with van der Waals surface area (Å²) < 4.78 is 58.0. The van der Waals surface area contributed by atoms with Crippen molar-refractivity contribution >= 4 is 0 Å². The van der Waals surface area contributed by atoms with Gasteiger partial charge in [-0.3, -0.25) is 4.98 Å². The van der Waals surface area contributed by atoms with Crippen LogP contribution >= 0.6 is 0 Å². The van der Waals surface area contributed by atoms with Gasteiger partial charge in [0.25, 0.3) is 0 Å². The molecule has 0 saturated carbocycles. The van der Waals surface area contributed by atoms with Crippen molar-refractivity contribution in [3.8, 4) is 34.5 Å². The first-order chi connectivity index (χ1) is 14.5. The first kappa shape index (κ1) is 21.9. The minimum Gasteiger partial charge on any atom is -0.384 e. The van der Waals surface area contributed by atoms with Crippen LogP contribution in [-0.4, -0.2) is 15.7 Å². The molecule has 0 amide bonds. The highest BCUT2D eigenvalue weighted by atomic mass is 19.3. The van der Waals surface area contributed by atoms with Crippen molar-refractivity contribution in [2.24, 2.45) is 0 Å². The molecule has 0 aliphatic rings. The average molecular weight is 425 g/mol. The molecule has 1 aromatic heterocycles. The van der Waals surface area contributed by atoms with Crippen LogP contribution in [0.3, 0.4) is 0 Å². The number of nitriles is 2. The first-order valence-corrected chi connectivity index (χ1v) is 9.01. The summed E-state index contributed by atoms with van der Waals surface area (Å²) in [6.45, 7) is 1.82. The van der Waals surface area contributed by atoms with E-state index >= 15 is 0 Å². The van der Waals surface area contributed by atoms with Gasteiger partial charge in [-0.15, -0.1) is 0 Å². The molecule has 3 aromatic rings. The molecule has 0 aliphatic carbocycles. The van der Waals surface area contributed by atoms with Crippen LogP contribution in [0, 0.1) is 34.3 Å². The first-order valence-electron chi connectivity index (χ1n) is 9.01. The maximum absolute atomic E-state index is 15.0. The lowest BCUT2D eigenvalue weighted by atomic mass is 9.90. The van der Waals surface area contributed by atoms with Crippen molar-refractivity contribution in [1.29, 1.82) is 10.5 Å². The van der Waals surface area contributed by atoms with E-state index in [0.717, 1.165) is 32.0 Å². The van der Waals surface area contributed by atoms with E-state index in [9.17, 15) is 27.9 Å². The number of benzene rings is 2. The molecular weight excluding hydrogens is 410 g/mol. The molecule has 0 radical (unpaired) electrons. The zero-order chi connectivity index (χ0) is 23.0. The van der Waals surface area contributed by atoms with Crippen LogP contribution in [0.15, 0.2) is 48.7 Å². The topological polar surface area (TPSA) is 80.7 Å². The maximum Gasteiger partial charge on any atom is 0.300 e. The van der Waals surface area contributed by atoms with Crippen molar-refractivity contribution in [2.45, 2.75) is 25.4 Å². The van der Waals surface area contributed by atoms with Crippen LogP contribution in [0.1, 0.15) is 30.5 Å². The summed E-state index contributed by atoms with van der Waals surface area (Å²) in [7, 11) is 0. The lowest BCUT2D eigenvalue weighted by Crippen LogP contribution is -2.40. The van der Waals surface area contributed by atoms with Crippen molar-refractivity contribution in [3.63, 3.8) is 0 Å². The van der Waals surface area contributed by atoms with Gasteiger partial charge in [0.15, 0.2) is 0 Å². The average Bonchev–Trinajstić information content (AvgIpc) is 2.72. The van der Waals surface area contributed by atoms with E-state index in [1.165, 1.54) is 24.4 Å². The Morgan fingerprint density at radius 1 is 0.903 bits per heavy atom. The highest BCUT2D eigenvalue weighted by molar-refractivity contribution is 5.85. The molecule has 0 unspecified atom stereocenters. The number of hydrogen-bond acceptors (Lipinski definition) is 4. The van der Waals surface area contributed by atoms with Gasteiger partial charge in [-0.25, -0.2) is 8.78 Å². The number of rotatable bonds is 4. The van der Waals surface area contributed by atoms with Gasteiger partial charge in [0.05, 0.1) is 22.9 Å². The molecule has 0 bridgehead atoms. The Labute approximate surface area is 175 Å². The van der Waals surface area contributed by atoms with E-state index in [4.69, 9.17) is 5.26 Å². The molecule has 4 nitrogen and oxygen atoms in total. The van der Waals surface area contributed by atoms with E-state index in [1.54, 1.807) is 6.07 Å². The van der Waals surface area contributed by atoms with Crippen LogP contribution in [0.5, 0.6) is 0 Å². The molecule has 0 fully saturated rings. The molecule has 0 atom stereocenters. The molecule has 156 valence electrons. The van der Waals surface area contributed by atoms with Crippen LogP contribution in [-0.2, 0) is 5.92 Å². The minimum atomic E-state index is -3.74. The van der Waals surface area contributed by atoms with Crippen LogP contribution in [0.25, 0.3) is 22.4 Å². The summed E-state index contributed by atoms with van der Waals surface area (Å²) in [5.74, 6) is -5.63. The van der Waals surface area contributed by atoms with Crippen LogP contribution in [0.4, 0.5) is 17.6 Å². The Morgan fingerprint density at radius 3 is 2.13 bits per heavy atom. The van der Waals surface area contributed by atoms with Gasteiger partial charge < -0.3 is 5.11 Å². The fourth-order valence-electron chi connectivity index (χ4n) is 3.07. The Kier molecular flexibility index (Phi) is 5.54. The third-order valence-corrected chi connectivity index (χ3v) is 4.80. The third kappa shape index (κ3) is 3.86. The zero-order valence-corrected chi connectivity index (χ0v) is 16.4. The normalized spacial score (nSPS) is 11.6. The maximum atomic E-state index is 15.0. The predicted octanol–water partition coefficient (Wildman–Crippen LogP) is 5.30. The summed E-state index contributed by atoms with van der Waals surface area (Å²) in [6, 6.07) is 11.1. The van der Waals surface area contributed by atoms with E-state index < -0.39 is 28.7 Å². The lowest BCUT2D eigenvalue weighted by molar-refractivity contribution is -0.168. The summed E-state index contributed by atoms with van der Waals surface area (Å²) >= 11 is 0. The van der Waals surface area contributed by atoms with E-state index in [2.05, 4.69) is 4.98 Å². The predicted molar refractivity (Wildman–Crippen MR) is 105 cm³/mol. The van der Waals surface area contributed by atoms with Gasteiger partial charge in [-0.1, -0.05) is 18.2 Å². The molecule has 0 spiro atoms. The zero-order valence-electron chi connectivity index (χ0n) is 16.4. The number of pyridine rings is 1. The van der Waals surface area contributed by atoms with Gasteiger partial charge in [0.2, 0.25) is 0 Å². The summed E-state index contributed by atoms with van der Waals surface area (Å²) in [6.07, 6.45) is 1.28.